The summed E-state index contributed by atoms with van der Waals surface area (Å²) in [6.07, 6.45) is 3.03. The van der Waals surface area contributed by atoms with Crippen molar-refractivity contribution >= 4 is 0 Å². The van der Waals surface area contributed by atoms with Gasteiger partial charge in [-0.05, 0) is 0 Å². The van der Waals surface area contributed by atoms with Crippen LogP contribution < -0.4 is 21.2 Å². The van der Waals surface area contributed by atoms with Crippen molar-refractivity contribution in [3.05, 3.63) is 0 Å². The van der Waals surface area contributed by atoms with Gasteiger partial charge in [0.15, 0.2) is 0 Å². The molecule has 1 aliphatic rings. The molecule has 0 radical (unpaired) electrons. The zero-order chi connectivity index (χ0) is 5.98. The maximum absolute atomic E-state index is 2.43. The summed E-state index contributed by atoms with van der Waals surface area (Å²) in [6.45, 7) is 4.83. The Bertz CT molecular complexity index is 60.8. The Morgan fingerprint density at radius 2 is 2.12 bits per heavy atom. The summed E-state index contributed by atoms with van der Waals surface area (Å²) < 4.78 is 2.70. The zero-order valence-corrected chi connectivity index (χ0v) is 7.81. The van der Waals surface area contributed by atoms with E-state index in [4.69, 9.17) is 0 Å². The molecule has 0 saturated carbocycles. The Hall–Kier alpha value is 0.730. The molecule has 8 heavy (non-hydrogen) atoms. The standard InChI is InChI=1S/C7H14I/c1-6-4-3-5-8-7(6)2/h6-7H,3-5H2,1-2H3/q-1. The molecule has 0 amide bonds. The predicted octanol–water partition coefficient (Wildman–Crippen LogP) is -1.11. The van der Waals surface area contributed by atoms with Crippen LogP contribution in [0.1, 0.15) is 26.7 Å². The Morgan fingerprint density at radius 1 is 1.38 bits per heavy atom. The normalized spacial score (nSPS) is 40.8. The van der Waals surface area contributed by atoms with E-state index in [0.717, 1.165) is 9.84 Å². The molecule has 1 heterocycles. The van der Waals surface area contributed by atoms with Gasteiger partial charge in [-0.1, -0.05) is 0 Å². The van der Waals surface area contributed by atoms with E-state index < -0.39 is 0 Å². The molecule has 1 fully saturated rings. The van der Waals surface area contributed by atoms with E-state index in [1.165, 1.54) is 12.8 Å². The molecule has 0 aromatic rings. The monoisotopic (exact) mass is 225 g/mol. The SMILES string of the molecule is CC1CCC[I-]C1C. The second kappa shape index (κ2) is 3.04. The topological polar surface area (TPSA) is 0 Å². The van der Waals surface area contributed by atoms with Crippen LogP contribution in [0.15, 0.2) is 0 Å². The minimum absolute atomic E-state index is 0.612. The van der Waals surface area contributed by atoms with Gasteiger partial charge in [-0.25, -0.2) is 0 Å². The average Bonchev–Trinajstić information content (AvgIpc) is 1.77. The summed E-state index contributed by atoms with van der Waals surface area (Å²) >= 11 is 0.612. The predicted molar refractivity (Wildman–Crippen MR) is 32.7 cm³/mol. The van der Waals surface area contributed by atoms with Gasteiger partial charge in [-0.15, -0.1) is 0 Å². The molecule has 1 rings (SSSR count). The first-order chi connectivity index (χ1) is 3.80. The molecule has 2 unspecified atom stereocenters. The van der Waals surface area contributed by atoms with Crippen molar-refractivity contribution in [2.24, 2.45) is 5.92 Å². The van der Waals surface area contributed by atoms with Gasteiger partial charge < -0.3 is 0 Å². The van der Waals surface area contributed by atoms with Crippen LogP contribution in [-0.2, 0) is 0 Å². The molecule has 2 atom stereocenters. The van der Waals surface area contributed by atoms with Crippen molar-refractivity contribution in [3.63, 3.8) is 0 Å². The van der Waals surface area contributed by atoms with Crippen LogP contribution in [0.3, 0.4) is 0 Å². The van der Waals surface area contributed by atoms with E-state index >= 15 is 0 Å². The number of halogens is 1. The van der Waals surface area contributed by atoms with E-state index in [1.807, 2.05) is 0 Å². The summed E-state index contributed by atoms with van der Waals surface area (Å²) in [4.78, 5) is 0. The van der Waals surface area contributed by atoms with Gasteiger partial charge in [0.2, 0.25) is 0 Å². The van der Waals surface area contributed by atoms with Gasteiger partial charge in [0, 0.05) is 0 Å². The third-order valence-electron chi connectivity index (χ3n) is 1.93. The molecule has 0 aliphatic carbocycles. The van der Waals surface area contributed by atoms with Crippen LogP contribution in [-0.4, -0.2) is 8.35 Å². The molecular formula is C7H14I-. The second-order valence-electron chi connectivity index (χ2n) is 2.64. The first-order valence-electron chi connectivity index (χ1n) is 3.38. The fraction of sp³-hybridized carbons (Fsp3) is 1.00. The molecule has 50 valence electrons. The quantitative estimate of drug-likeness (QED) is 0.362. The number of hydrogen-bond acceptors (Lipinski definition) is 0. The van der Waals surface area contributed by atoms with E-state index in [2.05, 4.69) is 13.8 Å². The van der Waals surface area contributed by atoms with Crippen LogP contribution in [0.2, 0.25) is 0 Å². The van der Waals surface area contributed by atoms with Gasteiger partial charge in [0.25, 0.3) is 0 Å². The molecule has 1 aliphatic heterocycles. The Labute approximate surface area is 62.3 Å². The van der Waals surface area contributed by atoms with E-state index in [-0.39, 0.29) is 0 Å². The van der Waals surface area contributed by atoms with Gasteiger partial charge in [-0.2, -0.15) is 0 Å². The number of rotatable bonds is 0. The van der Waals surface area contributed by atoms with Crippen molar-refractivity contribution in [3.8, 4) is 0 Å². The molecule has 0 aromatic heterocycles. The van der Waals surface area contributed by atoms with Crippen LogP contribution >= 0.6 is 0 Å². The van der Waals surface area contributed by atoms with E-state index in [9.17, 15) is 0 Å². The van der Waals surface area contributed by atoms with Crippen molar-refractivity contribution in [1.29, 1.82) is 0 Å². The fourth-order valence-electron chi connectivity index (χ4n) is 1.03. The molecule has 1 saturated heterocycles. The summed E-state index contributed by atoms with van der Waals surface area (Å²) in [6, 6.07) is 0. The van der Waals surface area contributed by atoms with Crippen LogP contribution in [0.4, 0.5) is 0 Å². The second-order valence-corrected chi connectivity index (χ2v) is 6.56. The van der Waals surface area contributed by atoms with Crippen LogP contribution in [0.5, 0.6) is 0 Å². The molecule has 0 spiro atoms. The zero-order valence-electron chi connectivity index (χ0n) is 5.65. The van der Waals surface area contributed by atoms with Crippen LogP contribution in [0.25, 0.3) is 0 Å². The molecule has 0 N–H and O–H groups in total. The summed E-state index contributed by atoms with van der Waals surface area (Å²) in [5, 5.41) is 0. The van der Waals surface area contributed by atoms with Crippen molar-refractivity contribution in [2.45, 2.75) is 30.6 Å². The van der Waals surface area contributed by atoms with Crippen molar-refractivity contribution in [2.75, 3.05) is 4.43 Å². The third kappa shape index (κ3) is 1.61. The molecule has 1 heteroatoms. The van der Waals surface area contributed by atoms with Gasteiger partial charge in [0.1, 0.15) is 0 Å². The number of alkyl halides is 2. The first kappa shape index (κ1) is 6.84. The van der Waals surface area contributed by atoms with E-state index in [0.29, 0.717) is 21.2 Å². The molecule has 0 aromatic carbocycles. The molecular weight excluding hydrogens is 211 g/mol. The molecule has 0 nitrogen and oxygen atoms in total. The van der Waals surface area contributed by atoms with Gasteiger partial charge in [-0.3, -0.25) is 0 Å². The fourth-order valence-corrected chi connectivity index (χ4v) is 4.12. The Kier molecular flexibility index (Phi) is 2.60. The summed E-state index contributed by atoms with van der Waals surface area (Å²) in [5.74, 6) is 1.05. The number of hydrogen-bond donors (Lipinski definition) is 0. The van der Waals surface area contributed by atoms with Crippen molar-refractivity contribution in [1.82, 2.24) is 0 Å². The van der Waals surface area contributed by atoms with Crippen molar-refractivity contribution < 1.29 is 21.2 Å². The summed E-state index contributed by atoms with van der Waals surface area (Å²) in [5.41, 5.74) is 0. The average molecular weight is 225 g/mol. The maximum atomic E-state index is 2.43. The van der Waals surface area contributed by atoms with E-state index in [1.54, 1.807) is 4.43 Å². The Balaban J connectivity index is 2.28. The van der Waals surface area contributed by atoms with Gasteiger partial charge >= 0.3 is 62.2 Å². The molecule has 0 bridgehead atoms. The van der Waals surface area contributed by atoms with Gasteiger partial charge in [0.05, 0.1) is 0 Å². The first-order valence-corrected chi connectivity index (χ1v) is 6.15. The minimum atomic E-state index is 0.612. The summed E-state index contributed by atoms with van der Waals surface area (Å²) in [7, 11) is 0. The third-order valence-corrected chi connectivity index (χ3v) is 5.93. The Morgan fingerprint density at radius 3 is 2.50 bits per heavy atom. The van der Waals surface area contributed by atoms with Crippen LogP contribution in [0, 0.1) is 5.92 Å².